The molecule has 0 heterocycles. The van der Waals surface area contributed by atoms with Gasteiger partial charge in [0.1, 0.15) is 12.0 Å². The number of ether oxygens (including phenoxy) is 1. The molecule has 2 saturated carbocycles. The molecule has 3 rings (SSSR count). The third-order valence-electron chi connectivity index (χ3n) is 5.77. The SMILES string of the molecule is COc1cc(C(F)(F)F)cc(C(F)(F)F)c1C(O)N[C@@H]1CCCC[C@@H]1NCC1CC1. The van der Waals surface area contributed by atoms with Crippen molar-refractivity contribution in [1.82, 2.24) is 10.6 Å². The molecule has 1 aromatic rings. The van der Waals surface area contributed by atoms with Gasteiger partial charge in [-0.15, -0.1) is 0 Å². The molecule has 0 bridgehead atoms. The van der Waals surface area contributed by atoms with Crippen LogP contribution in [0.3, 0.4) is 0 Å². The summed E-state index contributed by atoms with van der Waals surface area (Å²) in [6.45, 7) is 0.816. The first-order valence-corrected chi connectivity index (χ1v) is 10.0. The summed E-state index contributed by atoms with van der Waals surface area (Å²) in [4.78, 5) is 0. The van der Waals surface area contributed by atoms with E-state index in [0.29, 0.717) is 18.4 Å². The molecule has 0 aliphatic heterocycles. The van der Waals surface area contributed by atoms with Crippen molar-refractivity contribution in [2.45, 2.75) is 69.2 Å². The van der Waals surface area contributed by atoms with Gasteiger partial charge in [-0.3, -0.25) is 5.32 Å². The molecule has 1 unspecified atom stereocenters. The summed E-state index contributed by atoms with van der Waals surface area (Å²) in [6, 6.07) is 0.176. The Labute approximate surface area is 171 Å². The highest BCUT2D eigenvalue weighted by Crippen LogP contribution is 2.43. The third kappa shape index (κ3) is 5.59. The maximum absolute atomic E-state index is 13.6. The van der Waals surface area contributed by atoms with Crippen LogP contribution in [0.25, 0.3) is 0 Å². The summed E-state index contributed by atoms with van der Waals surface area (Å²) < 4.78 is 84.8. The Hall–Kier alpha value is -1.52. The Bertz CT molecular complexity index is 733. The van der Waals surface area contributed by atoms with Gasteiger partial charge in [0.05, 0.1) is 18.2 Å². The summed E-state index contributed by atoms with van der Waals surface area (Å²) in [7, 11) is 0.979. The Morgan fingerprint density at radius 3 is 2.17 bits per heavy atom. The molecule has 10 heteroatoms. The number of nitrogens with one attached hydrogen (secondary N) is 2. The zero-order chi connectivity index (χ0) is 22.1. The molecule has 3 atom stereocenters. The molecule has 0 radical (unpaired) electrons. The number of rotatable bonds is 7. The van der Waals surface area contributed by atoms with Crippen LogP contribution in [0.2, 0.25) is 0 Å². The largest absolute Gasteiger partial charge is 0.496 e. The number of hydrogen-bond acceptors (Lipinski definition) is 4. The predicted molar refractivity (Wildman–Crippen MR) is 97.9 cm³/mol. The highest BCUT2D eigenvalue weighted by atomic mass is 19.4. The van der Waals surface area contributed by atoms with Gasteiger partial charge in [0.15, 0.2) is 0 Å². The molecule has 170 valence electrons. The molecular weight excluding hydrogens is 414 g/mol. The molecule has 2 aliphatic rings. The fourth-order valence-corrected chi connectivity index (χ4v) is 3.98. The van der Waals surface area contributed by atoms with Gasteiger partial charge < -0.3 is 15.2 Å². The molecule has 0 saturated heterocycles. The van der Waals surface area contributed by atoms with Crippen LogP contribution in [-0.4, -0.2) is 30.8 Å². The average molecular weight is 440 g/mol. The number of alkyl halides is 6. The zero-order valence-corrected chi connectivity index (χ0v) is 16.5. The molecule has 2 aliphatic carbocycles. The fraction of sp³-hybridized carbons (Fsp3) is 0.700. The van der Waals surface area contributed by atoms with Crippen LogP contribution in [0.5, 0.6) is 5.75 Å². The molecule has 0 spiro atoms. The summed E-state index contributed by atoms with van der Waals surface area (Å²) >= 11 is 0. The van der Waals surface area contributed by atoms with Crippen LogP contribution in [0, 0.1) is 5.92 Å². The summed E-state index contributed by atoms with van der Waals surface area (Å²) in [6.07, 6.45) is -6.33. The molecule has 0 aromatic heterocycles. The van der Waals surface area contributed by atoms with Crippen LogP contribution in [0.1, 0.15) is 61.4 Å². The normalized spacial score (nSPS) is 24.0. The van der Waals surface area contributed by atoms with Crippen molar-refractivity contribution in [3.63, 3.8) is 0 Å². The summed E-state index contributed by atoms with van der Waals surface area (Å²) in [5.41, 5.74) is -3.78. The lowest BCUT2D eigenvalue weighted by molar-refractivity contribution is -0.144. The summed E-state index contributed by atoms with van der Waals surface area (Å²) in [5, 5.41) is 16.9. The van der Waals surface area contributed by atoms with Gasteiger partial charge in [-0.25, -0.2) is 0 Å². The van der Waals surface area contributed by atoms with Crippen molar-refractivity contribution in [2.24, 2.45) is 5.92 Å². The standard InChI is InChI=1S/C20H26F6N2O2/c1-30-16-9-12(19(21,22)23)8-13(20(24,25)26)17(16)18(29)28-15-5-3-2-4-14(15)27-10-11-6-7-11/h8-9,11,14-15,18,27-29H,2-7,10H2,1H3/t14-,15+,18?/m0/s1. The van der Waals surface area contributed by atoms with Gasteiger partial charge in [0.2, 0.25) is 0 Å². The molecule has 4 nitrogen and oxygen atoms in total. The van der Waals surface area contributed by atoms with Gasteiger partial charge in [-0.2, -0.15) is 26.3 Å². The molecule has 1 aromatic carbocycles. The van der Waals surface area contributed by atoms with Crippen LogP contribution < -0.4 is 15.4 Å². The van der Waals surface area contributed by atoms with E-state index in [1.807, 2.05) is 0 Å². The molecule has 3 N–H and O–H groups in total. The van der Waals surface area contributed by atoms with E-state index in [0.717, 1.165) is 45.8 Å². The molecular formula is C20H26F6N2O2. The number of methoxy groups -OCH3 is 1. The third-order valence-corrected chi connectivity index (χ3v) is 5.77. The molecule has 0 amide bonds. The van der Waals surface area contributed by atoms with Gasteiger partial charge in [-0.05, 0) is 50.3 Å². The number of aliphatic hydroxyl groups is 1. The van der Waals surface area contributed by atoms with Gasteiger partial charge in [-0.1, -0.05) is 12.8 Å². The Morgan fingerprint density at radius 2 is 1.63 bits per heavy atom. The van der Waals surface area contributed by atoms with E-state index in [2.05, 4.69) is 10.6 Å². The lowest BCUT2D eigenvalue weighted by Crippen LogP contribution is -2.51. The van der Waals surface area contributed by atoms with Crippen molar-refractivity contribution >= 4 is 0 Å². The number of hydrogen-bond donors (Lipinski definition) is 3. The first-order chi connectivity index (χ1) is 14.0. The molecule has 2 fully saturated rings. The summed E-state index contributed by atoms with van der Waals surface area (Å²) in [5.74, 6) is -0.0419. The van der Waals surface area contributed by atoms with Crippen LogP contribution in [-0.2, 0) is 12.4 Å². The minimum atomic E-state index is -5.09. The lowest BCUT2D eigenvalue weighted by Gasteiger charge is -2.35. The maximum atomic E-state index is 13.6. The van der Waals surface area contributed by atoms with E-state index in [4.69, 9.17) is 4.74 Å². The minimum Gasteiger partial charge on any atom is -0.496 e. The second-order valence-corrected chi connectivity index (χ2v) is 8.05. The van der Waals surface area contributed by atoms with E-state index in [9.17, 15) is 31.4 Å². The van der Waals surface area contributed by atoms with E-state index >= 15 is 0 Å². The van der Waals surface area contributed by atoms with Gasteiger partial charge in [0.25, 0.3) is 0 Å². The second-order valence-electron chi connectivity index (χ2n) is 8.05. The Morgan fingerprint density at radius 1 is 1.00 bits per heavy atom. The van der Waals surface area contributed by atoms with Crippen LogP contribution >= 0.6 is 0 Å². The fourth-order valence-electron chi connectivity index (χ4n) is 3.98. The highest BCUT2D eigenvalue weighted by Gasteiger charge is 2.42. The predicted octanol–water partition coefficient (Wildman–Crippen LogP) is 4.62. The van der Waals surface area contributed by atoms with Crippen molar-refractivity contribution in [1.29, 1.82) is 0 Å². The smallest absolute Gasteiger partial charge is 0.416 e. The van der Waals surface area contributed by atoms with Crippen molar-refractivity contribution < 1.29 is 36.2 Å². The number of aliphatic hydroxyl groups excluding tert-OH is 1. The Balaban J connectivity index is 1.88. The average Bonchev–Trinajstić information content (AvgIpc) is 3.49. The number of benzene rings is 1. The van der Waals surface area contributed by atoms with Crippen molar-refractivity contribution in [3.05, 3.63) is 28.8 Å². The van der Waals surface area contributed by atoms with Crippen LogP contribution in [0.15, 0.2) is 12.1 Å². The van der Waals surface area contributed by atoms with E-state index in [-0.39, 0.29) is 18.2 Å². The number of halogens is 6. The lowest BCUT2D eigenvalue weighted by atomic mass is 9.89. The van der Waals surface area contributed by atoms with Crippen molar-refractivity contribution in [3.8, 4) is 5.75 Å². The first-order valence-electron chi connectivity index (χ1n) is 10.0. The monoisotopic (exact) mass is 440 g/mol. The topological polar surface area (TPSA) is 53.5 Å². The van der Waals surface area contributed by atoms with E-state index < -0.39 is 41.0 Å². The van der Waals surface area contributed by atoms with E-state index in [1.54, 1.807) is 0 Å². The second kappa shape index (κ2) is 8.92. The van der Waals surface area contributed by atoms with Crippen LogP contribution in [0.4, 0.5) is 26.3 Å². The first kappa shape index (κ1) is 23.1. The maximum Gasteiger partial charge on any atom is 0.416 e. The van der Waals surface area contributed by atoms with Gasteiger partial charge >= 0.3 is 12.4 Å². The highest BCUT2D eigenvalue weighted by molar-refractivity contribution is 5.47. The Kier molecular flexibility index (Phi) is 6.88. The van der Waals surface area contributed by atoms with E-state index in [1.165, 1.54) is 0 Å². The minimum absolute atomic E-state index is 0.0203. The quantitative estimate of drug-likeness (QED) is 0.428. The zero-order valence-electron chi connectivity index (χ0n) is 16.5. The van der Waals surface area contributed by atoms with Crippen molar-refractivity contribution in [2.75, 3.05) is 13.7 Å². The molecule has 30 heavy (non-hydrogen) atoms. The van der Waals surface area contributed by atoms with Gasteiger partial charge in [0, 0.05) is 17.6 Å².